The number of rotatable bonds is 2. The summed E-state index contributed by atoms with van der Waals surface area (Å²) in [6.45, 7) is 0.988. The van der Waals surface area contributed by atoms with Crippen molar-refractivity contribution in [2.24, 2.45) is 0 Å². The number of allylic oxidation sites excluding steroid dienone is 1. The third-order valence-corrected chi connectivity index (χ3v) is 4.72. The van der Waals surface area contributed by atoms with Gasteiger partial charge in [0.05, 0.1) is 13.2 Å². The number of phenolic OH excluding ortho intramolecular Hbond substituents is 1. The Morgan fingerprint density at radius 2 is 2.15 bits per heavy atom. The zero-order chi connectivity index (χ0) is 14.3. The Morgan fingerprint density at radius 1 is 1.35 bits per heavy atom. The van der Waals surface area contributed by atoms with Crippen LogP contribution in [0, 0.1) is 0 Å². The average Bonchev–Trinajstić information content (AvgIpc) is 2.78. The maximum absolute atomic E-state index is 9.91. The van der Waals surface area contributed by atoms with Crippen molar-refractivity contribution in [3.05, 3.63) is 35.5 Å². The molecule has 0 bridgehead atoms. The van der Waals surface area contributed by atoms with Crippen LogP contribution in [0.1, 0.15) is 24.8 Å². The Morgan fingerprint density at radius 3 is 2.90 bits per heavy atom. The minimum atomic E-state index is -0.349. The molecule has 4 heteroatoms. The minimum Gasteiger partial charge on any atom is -0.504 e. The molecule has 1 saturated heterocycles. The van der Waals surface area contributed by atoms with Gasteiger partial charge in [-0.2, -0.15) is 0 Å². The highest BCUT2D eigenvalue weighted by Gasteiger charge is 2.45. The summed E-state index contributed by atoms with van der Waals surface area (Å²) < 4.78 is 5.24. The number of aromatic hydroxyl groups is 1. The standard InChI is InChI=1S/C16H21NO3/c1-17-8-7-16(6-5-12(18)10-15(16)17)11-3-4-13(19)14(9-11)20-2/h3-4,9-10,12,18-19H,5-8H2,1-2H3/t12-,16+/m1/s1. The largest absolute Gasteiger partial charge is 0.504 e. The number of likely N-dealkylation sites (N-methyl/N-ethyl adjacent to an activating group) is 1. The number of likely N-dealkylation sites (tertiary alicyclic amines) is 1. The summed E-state index contributed by atoms with van der Waals surface area (Å²) in [6, 6.07) is 5.60. The van der Waals surface area contributed by atoms with Gasteiger partial charge in [-0.05, 0) is 43.0 Å². The number of hydrogen-bond donors (Lipinski definition) is 2. The zero-order valence-electron chi connectivity index (χ0n) is 12.0. The third-order valence-electron chi connectivity index (χ3n) is 4.72. The second-order valence-corrected chi connectivity index (χ2v) is 5.80. The summed E-state index contributed by atoms with van der Waals surface area (Å²) in [4.78, 5) is 2.22. The lowest BCUT2D eigenvalue weighted by atomic mass is 9.70. The van der Waals surface area contributed by atoms with Crippen LogP contribution in [0.2, 0.25) is 0 Å². The number of fused-ring (bicyclic) bond motifs is 1. The second-order valence-electron chi connectivity index (χ2n) is 5.80. The Balaban J connectivity index is 2.09. The SMILES string of the molecule is COc1cc([C@@]23CC[C@@H](O)C=C2N(C)CC3)ccc1O. The first-order chi connectivity index (χ1) is 9.56. The summed E-state index contributed by atoms with van der Waals surface area (Å²) in [5.74, 6) is 0.678. The van der Waals surface area contributed by atoms with Crippen LogP contribution in [0.25, 0.3) is 0 Å². The van der Waals surface area contributed by atoms with E-state index in [0.29, 0.717) is 5.75 Å². The van der Waals surface area contributed by atoms with E-state index in [1.807, 2.05) is 18.2 Å². The van der Waals surface area contributed by atoms with E-state index in [0.717, 1.165) is 31.4 Å². The topological polar surface area (TPSA) is 52.9 Å². The molecule has 3 rings (SSSR count). The van der Waals surface area contributed by atoms with Gasteiger partial charge in [-0.3, -0.25) is 0 Å². The van der Waals surface area contributed by atoms with Crippen LogP contribution in [0.4, 0.5) is 0 Å². The molecular weight excluding hydrogens is 254 g/mol. The van der Waals surface area contributed by atoms with Gasteiger partial charge in [0.1, 0.15) is 0 Å². The third kappa shape index (κ3) is 1.86. The van der Waals surface area contributed by atoms with Gasteiger partial charge in [0, 0.05) is 24.7 Å². The Labute approximate surface area is 119 Å². The smallest absolute Gasteiger partial charge is 0.160 e. The van der Waals surface area contributed by atoms with Crippen molar-refractivity contribution in [3.8, 4) is 11.5 Å². The zero-order valence-corrected chi connectivity index (χ0v) is 12.0. The molecule has 2 atom stereocenters. The van der Waals surface area contributed by atoms with E-state index >= 15 is 0 Å². The van der Waals surface area contributed by atoms with Crippen LogP contribution < -0.4 is 4.74 Å². The normalized spacial score (nSPS) is 29.1. The molecule has 0 spiro atoms. The Hall–Kier alpha value is -1.68. The van der Waals surface area contributed by atoms with E-state index in [1.165, 1.54) is 5.70 Å². The fourth-order valence-electron chi connectivity index (χ4n) is 3.58. The molecular formula is C16H21NO3. The fourth-order valence-corrected chi connectivity index (χ4v) is 3.58. The Kier molecular flexibility index (Phi) is 3.13. The molecule has 1 heterocycles. The number of ether oxygens (including phenoxy) is 1. The molecule has 1 fully saturated rings. The molecule has 0 aromatic heterocycles. The molecule has 0 unspecified atom stereocenters. The number of aliphatic hydroxyl groups excluding tert-OH is 1. The highest BCUT2D eigenvalue weighted by molar-refractivity contribution is 5.49. The van der Waals surface area contributed by atoms with Crippen LogP contribution in [0.3, 0.4) is 0 Å². The van der Waals surface area contributed by atoms with Crippen LogP contribution in [0.5, 0.6) is 11.5 Å². The van der Waals surface area contributed by atoms with Crippen molar-refractivity contribution < 1.29 is 14.9 Å². The number of aliphatic hydroxyl groups is 1. The van der Waals surface area contributed by atoms with Crippen LogP contribution >= 0.6 is 0 Å². The average molecular weight is 275 g/mol. The van der Waals surface area contributed by atoms with Gasteiger partial charge in [-0.25, -0.2) is 0 Å². The first-order valence-corrected chi connectivity index (χ1v) is 7.06. The van der Waals surface area contributed by atoms with Crippen molar-refractivity contribution in [2.45, 2.75) is 30.8 Å². The Bertz CT molecular complexity index is 555. The van der Waals surface area contributed by atoms with Gasteiger partial charge in [0.15, 0.2) is 11.5 Å². The van der Waals surface area contributed by atoms with E-state index in [-0.39, 0.29) is 17.3 Å². The first-order valence-electron chi connectivity index (χ1n) is 7.06. The van der Waals surface area contributed by atoms with Crippen molar-refractivity contribution in [3.63, 3.8) is 0 Å². The highest BCUT2D eigenvalue weighted by Crippen LogP contribution is 2.49. The second kappa shape index (κ2) is 4.70. The predicted molar refractivity (Wildman–Crippen MR) is 76.9 cm³/mol. The summed E-state index contributed by atoms with van der Waals surface area (Å²) >= 11 is 0. The van der Waals surface area contributed by atoms with E-state index in [1.54, 1.807) is 13.2 Å². The van der Waals surface area contributed by atoms with Crippen LogP contribution in [-0.4, -0.2) is 41.9 Å². The highest BCUT2D eigenvalue weighted by atomic mass is 16.5. The lowest BCUT2D eigenvalue weighted by molar-refractivity contribution is 0.181. The van der Waals surface area contributed by atoms with Crippen molar-refractivity contribution in [2.75, 3.05) is 20.7 Å². The lowest BCUT2D eigenvalue weighted by Gasteiger charge is -2.37. The molecule has 0 radical (unpaired) electrons. The maximum atomic E-state index is 9.91. The number of benzene rings is 1. The summed E-state index contributed by atoms with van der Waals surface area (Å²) in [5, 5.41) is 19.7. The first kappa shape index (κ1) is 13.3. The number of hydrogen-bond acceptors (Lipinski definition) is 4. The number of nitrogens with zero attached hydrogens (tertiary/aromatic N) is 1. The van der Waals surface area contributed by atoms with E-state index < -0.39 is 0 Å². The van der Waals surface area contributed by atoms with Crippen molar-refractivity contribution >= 4 is 0 Å². The lowest BCUT2D eigenvalue weighted by Crippen LogP contribution is -2.33. The van der Waals surface area contributed by atoms with Gasteiger partial charge in [-0.15, -0.1) is 0 Å². The maximum Gasteiger partial charge on any atom is 0.160 e. The van der Waals surface area contributed by atoms with Gasteiger partial charge >= 0.3 is 0 Å². The summed E-state index contributed by atoms with van der Waals surface area (Å²) in [6.07, 6.45) is 4.38. The molecule has 0 saturated carbocycles. The van der Waals surface area contributed by atoms with Crippen molar-refractivity contribution in [1.29, 1.82) is 0 Å². The van der Waals surface area contributed by atoms with Gasteiger partial charge in [0.2, 0.25) is 0 Å². The van der Waals surface area contributed by atoms with Gasteiger partial charge in [-0.1, -0.05) is 6.07 Å². The molecule has 1 aromatic rings. The quantitative estimate of drug-likeness (QED) is 0.867. The minimum absolute atomic E-state index is 0.0467. The molecule has 1 aliphatic carbocycles. The van der Waals surface area contributed by atoms with E-state index in [4.69, 9.17) is 4.74 Å². The molecule has 4 nitrogen and oxygen atoms in total. The molecule has 2 N–H and O–H groups in total. The van der Waals surface area contributed by atoms with Gasteiger partial charge < -0.3 is 19.8 Å². The monoisotopic (exact) mass is 275 g/mol. The molecule has 0 amide bonds. The predicted octanol–water partition coefficient (Wildman–Crippen LogP) is 2.01. The molecule has 108 valence electrons. The van der Waals surface area contributed by atoms with Gasteiger partial charge in [0.25, 0.3) is 0 Å². The fraction of sp³-hybridized carbons (Fsp3) is 0.500. The molecule has 2 aliphatic rings. The summed E-state index contributed by atoms with van der Waals surface area (Å²) in [7, 11) is 3.64. The van der Waals surface area contributed by atoms with Crippen molar-refractivity contribution in [1.82, 2.24) is 4.90 Å². The number of phenols is 1. The van der Waals surface area contributed by atoms with E-state index in [2.05, 4.69) is 11.9 Å². The molecule has 20 heavy (non-hydrogen) atoms. The summed E-state index contributed by atoms with van der Waals surface area (Å²) in [5.41, 5.74) is 2.31. The van der Waals surface area contributed by atoms with Crippen LogP contribution in [-0.2, 0) is 5.41 Å². The number of methoxy groups -OCH3 is 1. The van der Waals surface area contributed by atoms with Crippen LogP contribution in [0.15, 0.2) is 30.0 Å². The molecule has 1 aromatic carbocycles. The molecule has 1 aliphatic heterocycles. The van der Waals surface area contributed by atoms with E-state index in [9.17, 15) is 10.2 Å².